The van der Waals surface area contributed by atoms with Crippen LogP contribution in [0.4, 0.5) is 0 Å². The Hall–Kier alpha value is -1.43. The highest BCUT2D eigenvalue weighted by atomic mass is 35.5. The van der Waals surface area contributed by atoms with E-state index in [4.69, 9.17) is 16.0 Å². The number of thioether (sulfide) groups is 2. The molecule has 23 heavy (non-hydrogen) atoms. The highest BCUT2D eigenvalue weighted by Gasteiger charge is 2.22. The summed E-state index contributed by atoms with van der Waals surface area (Å²) >= 11 is 8.69. The molecular weight excluding hydrogens is 350 g/mol. The van der Waals surface area contributed by atoms with Crippen LogP contribution in [0.5, 0.6) is 0 Å². The minimum Gasteiger partial charge on any atom is -0.457 e. The highest BCUT2D eigenvalue weighted by Crippen LogP contribution is 2.32. The van der Waals surface area contributed by atoms with Crippen molar-refractivity contribution in [1.29, 1.82) is 0 Å². The van der Waals surface area contributed by atoms with Crippen LogP contribution in [0.25, 0.3) is 17.4 Å². The Bertz CT molecular complexity index is 778. The van der Waals surface area contributed by atoms with Crippen molar-refractivity contribution in [3.05, 3.63) is 52.9 Å². The van der Waals surface area contributed by atoms with Crippen molar-refractivity contribution in [2.75, 3.05) is 5.75 Å². The summed E-state index contributed by atoms with van der Waals surface area (Å²) in [7, 11) is 0. The molecule has 2 heterocycles. The number of carbonyl (C=O) groups is 1. The van der Waals surface area contributed by atoms with Crippen molar-refractivity contribution >= 4 is 50.7 Å². The molecule has 0 aliphatic carbocycles. The molecule has 0 unspecified atom stereocenters. The summed E-state index contributed by atoms with van der Waals surface area (Å²) in [5.41, 5.74) is 1.37. The van der Waals surface area contributed by atoms with Gasteiger partial charge >= 0.3 is 0 Å². The number of nitrogens with zero attached hydrogens (tertiary/aromatic N) is 1. The van der Waals surface area contributed by atoms with Crippen molar-refractivity contribution in [1.82, 2.24) is 0 Å². The zero-order valence-corrected chi connectivity index (χ0v) is 14.8. The Kier molecular flexibility index (Phi) is 5.30. The lowest BCUT2D eigenvalue weighted by Gasteiger charge is -1.96. The Labute approximate surface area is 148 Å². The number of furan rings is 1. The first-order chi connectivity index (χ1) is 11.2. The molecule has 0 bridgehead atoms. The normalized spacial score (nSPS) is 16.2. The number of carbonyl (C=O) groups excluding carboxylic acids is 1. The molecule has 3 rings (SSSR count). The van der Waals surface area contributed by atoms with Gasteiger partial charge in [-0.1, -0.05) is 30.3 Å². The van der Waals surface area contributed by atoms with Crippen LogP contribution in [0, 0.1) is 0 Å². The van der Waals surface area contributed by atoms with Gasteiger partial charge in [0, 0.05) is 16.7 Å². The number of benzene rings is 1. The van der Waals surface area contributed by atoms with Crippen molar-refractivity contribution < 1.29 is 9.21 Å². The second-order valence-electron chi connectivity index (χ2n) is 4.85. The average molecular weight is 364 g/mol. The van der Waals surface area contributed by atoms with E-state index < -0.39 is 0 Å². The maximum atomic E-state index is 12.0. The summed E-state index contributed by atoms with van der Waals surface area (Å²) in [6, 6.07) is 11.1. The fourth-order valence-electron chi connectivity index (χ4n) is 1.98. The first-order valence-corrected chi connectivity index (χ1v) is 9.35. The van der Waals surface area contributed by atoms with Crippen LogP contribution < -0.4 is 0 Å². The molecule has 0 spiro atoms. The van der Waals surface area contributed by atoms with E-state index in [9.17, 15) is 4.79 Å². The Balaban J connectivity index is 1.79. The van der Waals surface area contributed by atoms with Crippen molar-refractivity contribution in [3.63, 3.8) is 0 Å². The minimum absolute atomic E-state index is 0.0342. The third-order valence-corrected chi connectivity index (χ3v) is 5.53. The van der Waals surface area contributed by atoms with E-state index in [1.165, 1.54) is 11.8 Å². The second-order valence-corrected chi connectivity index (χ2v) is 7.59. The Morgan fingerprint density at radius 3 is 2.78 bits per heavy atom. The Morgan fingerprint density at radius 2 is 2.04 bits per heavy atom. The molecule has 3 nitrogen and oxygen atoms in total. The number of rotatable bonds is 4. The van der Waals surface area contributed by atoms with Gasteiger partial charge in [0.05, 0.1) is 0 Å². The van der Waals surface area contributed by atoms with E-state index >= 15 is 0 Å². The van der Waals surface area contributed by atoms with Gasteiger partial charge < -0.3 is 4.42 Å². The van der Waals surface area contributed by atoms with E-state index in [1.54, 1.807) is 17.8 Å². The molecule has 0 radical (unpaired) electrons. The van der Waals surface area contributed by atoms with Gasteiger partial charge in [0.1, 0.15) is 21.6 Å². The van der Waals surface area contributed by atoms with Gasteiger partial charge in [-0.2, -0.15) is 0 Å². The predicted molar refractivity (Wildman–Crippen MR) is 99.9 cm³/mol. The SMILES string of the molecule is CCCSC1=N/C(=C/c2ccc(-c3ccc(Cl)cc3)o2)C(=O)S1. The molecule has 0 amide bonds. The molecule has 0 saturated heterocycles. The maximum absolute atomic E-state index is 12.0. The number of halogens is 1. The zero-order valence-electron chi connectivity index (χ0n) is 12.4. The molecule has 0 N–H and O–H groups in total. The molecule has 6 heteroatoms. The fraction of sp³-hybridized carbons (Fsp3) is 0.176. The minimum atomic E-state index is -0.0342. The lowest BCUT2D eigenvalue weighted by Crippen LogP contribution is -1.87. The smallest absolute Gasteiger partial charge is 0.244 e. The monoisotopic (exact) mass is 363 g/mol. The summed E-state index contributed by atoms with van der Waals surface area (Å²) in [4.78, 5) is 16.3. The van der Waals surface area contributed by atoms with Gasteiger partial charge in [0.15, 0.2) is 0 Å². The lowest BCUT2D eigenvalue weighted by molar-refractivity contribution is -0.107. The van der Waals surface area contributed by atoms with Crippen LogP contribution in [0.2, 0.25) is 5.02 Å². The standard InChI is InChI=1S/C17H14ClNO2S2/c1-2-9-22-17-19-14(16(20)23-17)10-13-7-8-15(21-13)11-3-5-12(18)6-4-11/h3-8,10H,2,9H2,1H3/b14-10+. The third-order valence-electron chi connectivity index (χ3n) is 3.07. The van der Waals surface area contributed by atoms with Crippen LogP contribution in [0.15, 0.2) is 51.5 Å². The van der Waals surface area contributed by atoms with Gasteiger partial charge in [-0.05, 0) is 60.3 Å². The molecule has 0 atom stereocenters. The molecule has 1 aromatic heterocycles. The Morgan fingerprint density at radius 1 is 1.26 bits per heavy atom. The van der Waals surface area contributed by atoms with E-state index in [-0.39, 0.29) is 5.12 Å². The average Bonchev–Trinajstić information content (AvgIpc) is 3.14. The van der Waals surface area contributed by atoms with Gasteiger partial charge in [0.25, 0.3) is 0 Å². The van der Waals surface area contributed by atoms with Crippen molar-refractivity contribution in [3.8, 4) is 11.3 Å². The molecular formula is C17H14ClNO2S2. The zero-order chi connectivity index (χ0) is 16.2. The largest absolute Gasteiger partial charge is 0.457 e. The van der Waals surface area contributed by atoms with Crippen molar-refractivity contribution in [2.45, 2.75) is 13.3 Å². The summed E-state index contributed by atoms with van der Waals surface area (Å²) in [6.45, 7) is 2.10. The van der Waals surface area contributed by atoms with Crippen LogP contribution in [0.3, 0.4) is 0 Å². The predicted octanol–water partition coefficient (Wildman–Crippen LogP) is 5.71. The topological polar surface area (TPSA) is 42.6 Å². The van der Waals surface area contributed by atoms with Crippen LogP contribution in [-0.4, -0.2) is 15.2 Å². The fourth-order valence-corrected chi connectivity index (χ4v) is 3.87. The van der Waals surface area contributed by atoms with Gasteiger partial charge in [-0.15, -0.1) is 0 Å². The molecule has 0 saturated carbocycles. The molecule has 1 aliphatic rings. The van der Waals surface area contributed by atoms with Crippen LogP contribution >= 0.6 is 35.1 Å². The van der Waals surface area contributed by atoms with Gasteiger partial charge in [-0.25, -0.2) is 4.99 Å². The van der Waals surface area contributed by atoms with Crippen LogP contribution in [-0.2, 0) is 4.79 Å². The van der Waals surface area contributed by atoms with Crippen LogP contribution in [0.1, 0.15) is 19.1 Å². The summed E-state index contributed by atoms with van der Waals surface area (Å²) in [5, 5.41) is 0.649. The van der Waals surface area contributed by atoms with E-state index in [0.717, 1.165) is 27.9 Å². The van der Waals surface area contributed by atoms with E-state index in [0.29, 0.717) is 16.5 Å². The molecule has 118 valence electrons. The van der Waals surface area contributed by atoms with Gasteiger partial charge in [0.2, 0.25) is 5.12 Å². The molecule has 2 aromatic rings. The maximum Gasteiger partial charge on any atom is 0.244 e. The number of hydrogen-bond acceptors (Lipinski definition) is 5. The molecule has 1 aromatic carbocycles. The third kappa shape index (κ3) is 4.10. The highest BCUT2D eigenvalue weighted by molar-refractivity contribution is 8.45. The van der Waals surface area contributed by atoms with E-state index in [1.807, 2.05) is 36.4 Å². The quantitative estimate of drug-likeness (QED) is 0.652. The summed E-state index contributed by atoms with van der Waals surface area (Å²) < 4.78 is 6.59. The first-order valence-electron chi connectivity index (χ1n) is 7.17. The summed E-state index contributed by atoms with van der Waals surface area (Å²) in [6.07, 6.45) is 2.74. The molecule has 0 fully saturated rings. The van der Waals surface area contributed by atoms with E-state index in [2.05, 4.69) is 11.9 Å². The number of hydrogen-bond donors (Lipinski definition) is 0. The second kappa shape index (κ2) is 7.43. The first kappa shape index (κ1) is 16.4. The molecule has 1 aliphatic heterocycles. The number of aliphatic imine (C=N–C) groups is 1. The van der Waals surface area contributed by atoms with Crippen molar-refractivity contribution in [2.24, 2.45) is 4.99 Å². The van der Waals surface area contributed by atoms with Gasteiger partial charge in [-0.3, -0.25) is 4.79 Å². The lowest BCUT2D eigenvalue weighted by atomic mass is 10.2. The summed E-state index contributed by atoms with van der Waals surface area (Å²) in [5.74, 6) is 2.31.